The van der Waals surface area contributed by atoms with Crippen molar-refractivity contribution in [1.82, 2.24) is 5.32 Å². The third-order valence-corrected chi connectivity index (χ3v) is 5.09. The van der Waals surface area contributed by atoms with Crippen LogP contribution in [-0.4, -0.2) is 44.3 Å². The predicted octanol–water partition coefficient (Wildman–Crippen LogP) is 2.50. The third-order valence-electron chi connectivity index (χ3n) is 4.03. The average molecular weight is 354 g/mol. The molecule has 0 aromatic carbocycles. The highest BCUT2D eigenvalue weighted by molar-refractivity contribution is 7.16. The fourth-order valence-electron chi connectivity index (χ4n) is 2.83. The molecule has 134 valence electrons. The minimum atomic E-state index is -0.381. The van der Waals surface area contributed by atoms with Gasteiger partial charge in [0.05, 0.1) is 18.3 Å². The highest BCUT2D eigenvalue weighted by Gasteiger charge is 2.24. The van der Waals surface area contributed by atoms with Gasteiger partial charge >= 0.3 is 5.97 Å². The first kappa shape index (κ1) is 18.9. The third kappa shape index (κ3) is 4.78. The highest BCUT2D eigenvalue weighted by Crippen LogP contribution is 2.34. The van der Waals surface area contributed by atoms with Gasteiger partial charge in [0.2, 0.25) is 0 Å². The van der Waals surface area contributed by atoms with Crippen molar-refractivity contribution in [1.29, 1.82) is 0 Å². The molecule has 1 aromatic heterocycles. The summed E-state index contributed by atoms with van der Waals surface area (Å²) >= 11 is 1.41. The Labute approximate surface area is 146 Å². The molecule has 1 saturated heterocycles. The van der Waals surface area contributed by atoms with Crippen LogP contribution in [0.5, 0.6) is 0 Å². The molecule has 1 fully saturated rings. The van der Waals surface area contributed by atoms with Crippen LogP contribution >= 0.6 is 11.3 Å². The van der Waals surface area contributed by atoms with Gasteiger partial charge in [-0.25, -0.2) is 4.79 Å². The number of rotatable bonds is 7. The number of ether oxygens (including phenoxy) is 2. The maximum atomic E-state index is 12.2. The minimum absolute atomic E-state index is 0.00530. The summed E-state index contributed by atoms with van der Waals surface area (Å²) < 4.78 is 10.8. The second kappa shape index (κ2) is 9.15. The quantitative estimate of drug-likeness (QED) is 0.736. The van der Waals surface area contributed by atoms with E-state index < -0.39 is 0 Å². The van der Waals surface area contributed by atoms with Gasteiger partial charge in [0, 0.05) is 4.88 Å². The van der Waals surface area contributed by atoms with Crippen molar-refractivity contribution >= 4 is 28.2 Å². The normalized spacial score (nSPS) is 15.3. The molecule has 1 aliphatic rings. The van der Waals surface area contributed by atoms with Crippen LogP contribution in [0.4, 0.5) is 5.00 Å². The van der Waals surface area contributed by atoms with Crippen molar-refractivity contribution in [3.05, 3.63) is 16.0 Å². The van der Waals surface area contributed by atoms with E-state index in [1.165, 1.54) is 11.3 Å². The number of carbonyl (C=O) groups is 2. The standard InChI is InChI=1S/C17H26N2O4S/c1-4-13-11(3)24-16(15(13)17(21)22-5-2)19-14(20)10-23-12-6-8-18-9-7-12/h12,18H,4-10H2,1-3H3,(H,19,20). The lowest BCUT2D eigenvalue weighted by Crippen LogP contribution is -2.34. The average Bonchev–Trinajstić information content (AvgIpc) is 2.89. The summed E-state index contributed by atoms with van der Waals surface area (Å²) in [6, 6.07) is 0. The molecule has 0 bridgehead atoms. The van der Waals surface area contributed by atoms with Crippen LogP contribution in [0.3, 0.4) is 0 Å². The molecule has 7 heteroatoms. The smallest absolute Gasteiger partial charge is 0.341 e. The lowest BCUT2D eigenvalue weighted by atomic mass is 10.1. The van der Waals surface area contributed by atoms with E-state index in [-0.39, 0.29) is 24.6 Å². The predicted molar refractivity (Wildman–Crippen MR) is 94.9 cm³/mol. The Balaban J connectivity index is 2.02. The SMILES string of the molecule is CCOC(=O)c1c(NC(=O)COC2CCNCC2)sc(C)c1CC. The molecular formula is C17H26N2O4S. The van der Waals surface area contributed by atoms with Crippen LogP contribution in [0, 0.1) is 6.92 Å². The fraction of sp³-hybridized carbons (Fsp3) is 0.647. The van der Waals surface area contributed by atoms with Crippen LogP contribution in [0.1, 0.15) is 47.5 Å². The second-order valence-electron chi connectivity index (χ2n) is 5.72. The fourth-order valence-corrected chi connectivity index (χ4v) is 3.98. The molecule has 0 unspecified atom stereocenters. The zero-order valence-corrected chi connectivity index (χ0v) is 15.4. The van der Waals surface area contributed by atoms with E-state index in [1.807, 2.05) is 13.8 Å². The molecule has 1 aromatic rings. The second-order valence-corrected chi connectivity index (χ2v) is 6.95. The van der Waals surface area contributed by atoms with E-state index >= 15 is 0 Å². The number of hydrogen-bond acceptors (Lipinski definition) is 6. The number of nitrogens with one attached hydrogen (secondary N) is 2. The molecule has 2 heterocycles. The molecule has 2 rings (SSSR count). The molecule has 0 atom stereocenters. The minimum Gasteiger partial charge on any atom is -0.462 e. The van der Waals surface area contributed by atoms with Gasteiger partial charge in [0.25, 0.3) is 5.91 Å². The maximum absolute atomic E-state index is 12.2. The molecule has 1 amide bonds. The lowest BCUT2D eigenvalue weighted by Gasteiger charge is -2.22. The summed E-state index contributed by atoms with van der Waals surface area (Å²) in [6.45, 7) is 7.87. The number of piperidine rings is 1. The summed E-state index contributed by atoms with van der Waals surface area (Å²) in [6.07, 6.45) is 2.68. The number of amides is 1. The van der Waals surface area contributed by atoms with Gasteiger partial charge in [-0.1, -0.05) is 6.92 Å². The first-order valence-electron chi connectivity index (χ1n) is 8.48. The van der Waals surface area contributed by atoms with E-state index in [4.69, 9.17) is 9.47 Å². The Morgan fingerprint density at radius 1 is 1.29 bits per heavy atom. The van der Waals surface area contributed by atoms with E-state index in [1.54, 1.807) is 6.92 Å². The van der Waals surface area contributed by atoms with Gasteiger partial charge < -0.3 is 20.1 Å². The molecule has 0 saturated carbocycles. The van der Waals surface area contributed by atoms with Crippen molar-refractivity contribution in [3.8, 4) is 0 Å². The number of hydrogen-bond donors (Lipinski definition) is 2. The molecule has 0 spiro atoms. The van der Waals surface area contributed by atoms with Crippen LogP contribution in [0.15, 0.2) is 0 Å². The molecular weight excluding hydrogens is 328 g/mol. The molecule has 24 heavy (non-hydrogen) atoms. The van der Waals surface area contributed by atoms with E-state index in [0.29, 0.717) is 17.2 Å². The van der Waals surface area contributed by atoms with Crippen LogP contribution in [0.2, 0.25) is 0 Å². The maximum Gasteiger partial charge on any atom is 0.341 e. The first-order valence-corrected chi connectivity index (χ1v) is 9.30. The topological polar surface area (TPSA) is 76.7 Å². The molecule has 2 N–H and O–H groups in total. The number of esters is 1. The van der Waals surface area contributed by atoms with E-state index in [9.17, 15) is 9.59 Å². The molecule has 0 aliphatic carbocycles. The van der Waals surface area contributed by atoms with Gasteiger partial charge in [-0.15, -0.1) is 11.3 Å². The Bertz CT molecular complexity index is 579. The zero-order valence-electron chi connectivity index (χ0n) is 14.6. The Morgan fingerprint density at radius 2 is 2.00 bits per heavy atom. The van der Waals surface area contributed by atoms with E-state index in [2.05, 4.69) is 10.6 Å². The van der Waals surface area contributed by atoms with Gasteiger partial charge in [-0.2, -0.15) is 0 Å². The van der Waals surface area contributed by atoms with Gasteiger partial charge in [0.15, 0.2) is 0 Å². The van der Waals surface area contributed by atoms with Crippen molar-refractivity contribution in [3.63, 3.8) is 0 Å². The lowest BCUT2D eigenvalue weighted by molar-refractivity contribution is -0.123. The van der Waals surface area contributed by atoms with E-state index in [0.717, 1.165) is 42.8 Å². The van der Waals surface area contributed by atoms with Crippen LogP contribution < -0.4 is 10.6 Å². The number of carbonyl (C=O) groups excluding carboxylic acids is 2. The number of thiophene rings is 1. The van der Waals surface area contributed by atoms with Gasteiger partial charge in [-0.05, 0) is 51.8 Å². The van der Waals surface area contributed by atoms with Crippen molar-refractivity contribution in [2.75, 3.05) is 31.6 Å². The van der Waals surface area contributed by atoms with Crippen LogP contribution in [-0.2, 0) is 20.7 Å². The van der Waals surface area contributed by atoms with Crippen molar-refractivity contribution in [2.45, 2.75) is 46.1 Å². The zero-order chi connectivity index (χ0) is 17.5. The number of anilines is 1. The largest absolute Gasteiger partial charge is 0.462 e. The molecule has 6 nitrogen and oxygen atoms in total. The monoisotopic (exact) mass is 354 g/mol. The highest BCUT2D eigenvalue weighted by atomic mass is 32.1. The Morgan fingerprint density at radius 3 is 2.62 bits per heavy atom. The Hall–Kier alpha value is -1.44. The summed E-state index contributed by atoms with van der Waals surface area (Å²) in [4.78, 5) is 25.5. The first-order chi connectivity index (χ1) is 11.6. The summed E-state index contributed by atoms with van der Waals surface area (Å²) in [5.74, 6) is -0.615. The van der Waals surface area contributed by atoms with Gasteiger partial charge in [0.1, 0.15) is 11.6 Å². The Kier molecular flexibility index (Phi) is 7.20. The summed E-state index contributed by atoms with van der Waals surface area (Å²) in [5, 5.41) is 6.64. The number of aryl methyl sites for hydroxylation is 1. The summed E-state index contributed by atoms with van der Waals surface area (Å²) in [7, 11) is 0. The van der Waals surface area contributed by atoms with Gasteiger partial charge in [-0.3, -0.25) is 4.79 Å². The van der Waals surface area contributed by atoms with Crippen molar-refractivity contribution < 1.29 is 19.1 Å². The van der Waals surface area contributed by atoms with Crippen molar-refractivity contribution in [2.24, 2.45) is 0 Å². The molecule has 0 radical (unpaired) electrons. The van der Waals surface area contributed by atoms with Crippen LogP contribution in [0.25, 0.3) is 0 Å². The summed E-state index contributed by atoms with van der Waals surface area (Å²) in [5.41, 5.74) is 1.42. The molecule has 1 aliphatic heterocycles.